The fourth-order valence-corrected chi connectivity index (χ4v) is 5.05. The van der Waals surface area contributed by atoms with Crippen molar-refractivity contribution in [3.05, 3.63) is 78.4 Å². The molecule has 1 fully saturated rings. The minimum atomic E-state index is -0.141. The number of rotatable bonds is 3. The largest absolute Gasteiger partial charge is 0.311 e. The number of carbonyl (C=O) groups is 1. The second-order valence-corrected chi connectivity index (χ2v) is 8.51. The molecule has 27 heavy (non-hydrogen) atoms. The average Bonchev–Trinajstić information content (AvgIpc) is 3.18. The lowest BCUT2D eigenvalue weighted by Crippen LogP contribution is -2.25. The average molecular weight is 389 g/mol. The quantitative estimate of drug-likeness (QED) is 0.510. The van der Waals surface area contributed by atoms with Crippen molar-refractivity contribution in [1.82, 2.24) is 9.88 Å². The summed E-state index contributed by atoms with van der Waals surface area (Å²) >= 11 is 6.56. The molecule has 1 aromatic heterocycles. The van der Waals surface area contributed by atoms with E-state index in [0.717, 1.165) is 11.3 Å². The molecule has 4 aromatic rings. The van der Waals surface area contributed by atoms with Crippen molar-refractivity contribution in [2.24, 2.45) is 0 Å². The molecule has 5 rings (SSSR count). The molecule has 1 N–H and O–H groups in total. The summed E-state index contributed by atoms with van der Waals surface area (Å²) in [5, 5.41) is 5.02. The van der Waals surface area contributed by atoms with Crippen LogP contribution in [0.25, 0.3) is 27.5 Å². The summed E-state index contributed by atoms with van der Waals surface area (Å²) in [6.07, 6.45) is 0.678. The van der Waals surface area contributed by atoms with Crippen LogP contribution in [0.1, 0.15) is 5.56 Å². The maximum Gasteiger partial charge on any atom is 0.239 e. The molecule has 1 unspecified atom stereocenters. The third kappa shape index (κ3) is 2.83. The second-order valence-electron chi connectivity index (χ2n) is 6.63. The van der Waals surface area contributed by atoms with Crippen LogP contribution in [0.5, 0.6) is 0 Å². The first-order valence-corrected chi connectivity index (χ1v) is 10.1. The summed E-state index contributed by atoms with van der Waals surface area (Å²) in [5.41, 5.74) is 4.65. The Labute approximate surface area is 166 Å². The summed E-state index contributed by atoms with van der Waals surface area (Å²) in [6.45, 7) is 0. The molecule has 1 amide bonds. The molecule has 3 aromatic carbocycles. The third-order valence-corrected chi connectivity index (χ3v) is 6.31. The number of benzene rings is 3. The van der Waals surface area contributed by atoms with Crippen molar-refractivity contribution in [1.29, 1.82) is 0 Å². The van der Waals surface area contributed by atoms with Crippen molar-refractivity contribution in [2.45, 2.75) is 11.7 Å². The van der Waals surface area contributed by atoms with Gasteiger partial charge in [-0.2, -0.15) is 0 Å². The molecule has 5 heteroatoms. The summed E-state index contributed by atoms with van der Waals surface area (Å²) in [5.74, 6) is 0.0109. The van der Waals surface area contributed by atoms with E-state index in [9.17, 15) is 4.79 Å². The van der Waals surface area contributed by atoms with E-state index in [-0.39, 0.29) is 11.2 Å². The zero-order chi connectivity index (χ0) is 18.4. The number of thioether (sulfide) groups is 1. The van der Waals surface area contributed by atoms with Gasteiger partial charge in [0.1, 0.15) is 4.32 Å². The van der Waals surface area contributed by atoms with Crippen LogP contribution < -0.4 is 5.32 Å². The van der Waals surface area contributed by atoms with Gasteiger partial charge in [0.15, 0.2) is 0 Å². The van der Waals surface area contributed by atoms with Crippen molar-refractivity contribution >= 4 is 56.0 Å². The number of hydrogen-bond donors (Lipinski definition) is 1. The fourth-order valence-electron chi connectivity index (χ4n) is 3.74. The van der Waals surface area contributed by atoms with E-state index in [1.165, 1.54) is 33.6 Å². The van der Waals surface area contributed by atoms with E-state index in [1.807, 2.05) is 6.07 Å². The van der Waals surface area contributed by atoms with E-state index in [1.54, 1.807) is 0 Å². The first-order valence-electron chi connectivity index (χ1n) is 8.80. The molecule has 1 aliphatic rings. The Balaban J connectivity index is 1.66. The maximum absolute atomic E-state index is 12.0. The number of fused-ring (bicyclic) bond motifs is 3. The Bertz CT molecular complexity index is 1200. The predicted molar refractivity (Wildman–Crippen MR) is 117 cm³/mol. The van der Waals surface area contributed by atoms with E-state index in [4.69, 9.17) is 12.2 Å². The molecule has 1 atom stereocenters. The second kappa shape index (κ2) is 6.51. The zero-order valence-electron chi connectivity index (χ0n) is 14.4. The number of amides is 1. The Hall–Kier alpha value is -2.63. The highest BCUT2D eigenvalue weighted by molar-refractivity contribution is 8.24. The monoisotopic (exact) mass is 388 g/mol. The summed E-state index contributed by atoms with van der Waals surface area (Å²) in [6, 6.07) is 25.4. The number of nitrogens with one attached hydrogen (secondary N) is 1. The van der Waals surface area contributed by atoms with Crippen molar-refractivity contribution in [2.75, 3.05) is 0 Å². The number of aromatic nitrogens is 1. The molecular weight excluding hydrogens is 372 g/mol. The van der Waals surface area contributed by atoms with Gasteiger partial charge in [0.05, 0.1) is 16.3 Å². The number of para-hydroxylation sites is 2. The summed E-state index contributed by atoms with van der Waals surface area (Å²) in [4.78, 5) is 12.0. The van der Waals surface area contributed by atoms with Gasteiger partial charge in [-0.15, -0.1) is 0 Å². The molecule has 132 valence electrons. The third-order valence-electron chi connectivity index (χ3n) is 4.94. The van der Waals surface area contributed by atoms with Gasteiger partial charge in [-0.1, -0.05) is 66.4 Å². The number of hydrogen-bond acceptors (Lipinski definition) is 3. The van der Waals surface area contributed by atoms with Gasteiger partial charge in [-0.25, -0.2) is 0 Å². The summed E-state index contributed by atoms with van der Waals surface area (Å²) in [7, 11) is 0. The van der Waals surface area contributed by atoms with Crippen molar-refractivity contribution < 1.29 is 4.79 Å². The molecule has 1 aliphatic heterocycles. The molecular formula is C22H16N2OS2. The number of nitrogens with zero attached hydrogens (tertiary/aromatic N) is 1. The highest BCUT2D eigenvalue weighted by Gasteiger charge is 2.29. The van der Waals surface area contributed by atoms with Gasteiger partial charge in [0.25, 0.3) is 0 Å². The smallest absolute Gasteiger partial charge is 0.239 e. The van der Waals surface area contributed by atoms with Gasteiger partial charge < -0.3 is 9.88 Å². The molecule has 0 radical (unpaired) electrons. The van der Waals surface area contributed by atoms with Crippen LogP contribution in [0, 0.1) is 0 Å². The van der Waals surface area contributed by atoms with E-state index in [2.05, 4.69) is 76.6 Å². The van der Waals surface area contributed by atoms with Crippen LogP contribution in [0.2, 0.25) is 0 Å². The van der Waals surface area contributed by atoms with Crippen LogP contribution in [0.3, 0.4) is 0 Å². The first-order chi connectivity index (χ1) is 13.2. The van der Waals surface area contributed by atoms with Crippen LogP contribution in [0.4, 0.5) is 0 Å². The van der Waals surface area contributed by atoms with E-state index in [0.29, 0.717) is 10.7 Å². The maximum atomic E-state index is 12.0. The van der Waals surface area contributed by atoms with Crippen molar-refractivity contribution in [3.63, 3.8) is 0 Å². The van der Waals surface area contributed by atoms with Crippen molar-refractivity contribution in [3.8, 4) is 5.69 Å². The predicted octanol–water partition coefficient (Wildman–Crippen LogP) is 4.84. The van der Waals surface area contributed by atoms with Crippen LogP contribution >= 0.6 is 24.0 Å². The normalized spacial score (nSPS) is 17.0. The first kappa shape index (κ1) is 16.5. The minimum Gasteiger partial charge on any atom is -0.311 e. The number of thiocarbonyl (C=S) groups is 1. The lowest BCUT2D eigenvalue weighted by atomic mass is 10.1. The standard InChI is InChI=1S/C22H16N2OS2/c25-21-20(27-22(26)23-21)13-14-10-11-19-17(12-14)16-8-4-5-9-18(16)24(19)15-6-2-1-3-7-15/h1-12,20H,13H2,(H,23,25,26). The Morgan fingerprint density at radius 2 is 1.67 bits per heavy atom. The summed E-state index contributed by atoms with van der Waals surface area (Å²) < 4.78 is 2.87. The highest BCUT2D eigenvalue weighted by Crippen LogP contribution is 2.33. The van der Waals surface area contributed by atoms with Crippen LogP contribution in [0.15, 0.2) is 72.8 Å². The van der Waals surface area contributed by atoms with E-state index < -0.39 is 0 Å². The molecule has 0 bridgehead atoms. The van der Waals surface area contributed by atoms with Gasteiger partial charge in [-0.3, -0.25) is 4.79 Å². The lowest BCUT2D eigenvalue weighted by Gasteiger charge is -2.09. The van der Waals surface area contributed by atoms with Crippen LogP contribution in [-0.4, -0.2) is 20.0 Å². The molecule has 2 heterocycles. The highest BCUT2D eigenvalue weighted by atomic mass is 32.2. The topological polar surface area (TPSA) is 34.0 Å². The Morgan fingerprint density at radius 1 is 0.926 bits per heavy atom. The van der Waals surface area contributed by atoms with Crippen LogP contribution in [-0.2, 0) is 11.2 Å². The molecule has 0 spiro atoms. The van der Waals surface area contributed by atoms with Gasteiger partial charge in [-0.05, 0) is 42.3 Å². The molecule has 3 nitrogen and oxygen atoms in total. The lowest BCUT2D eigenvalue weighted by molar-refractivity contribution is -0.118. The molecule has 1 saturated heterocycles. The van der Waals surface area contributed by atoms with Gasteiger partial charge in [0, 0.05) is 16.5 Å². The fraction of sp³-hybridized carbons (Fsp3) is 0.0909. The molecule has 0 aliphatic carbocycles. The van der Waals surface area contributed by atoms with E-state index >= 15 is 0 Å². The van der Waals surface area contributed by atoms with Gasteiger partial charge in [0.2, 0.25) is 5.91 Å². The van der Waals surface area contributed by atoms with Gasteiger partial charge >= 0.3 is 0 Å². The zero-order valence-corrected chi connectivity index (χ0v) is 16.0. The Kier molecular flexibility index (Phi) is 3.99. The minimum absolute atomic E-state index is 0.0109. The molecule has 0 saturated carbocycles. The Morgan fingerprint density at radius 3 is 2.44 bits per heavy atom. The SMILES string of the molecule is O=C1NC(=S)SC1Cc1ccc2c(c1)c1ccccc1n2-c1ccccc1. The number of carbonyl (C=O) groups excluding carboxylic acids is 1.